The summed E-state index contributed by atoms with van der Waals surface area (Å²) in [5.41, 5.74) is 1.43. The average Bonchev–Trinajstić information content (AvgIpc) is 3.44. The minimum absolute atomic E-state index is 0.0382. The smallest absolute Gasteiger partial charge is 0.291 e. The lowest BCUT2D eigenvalue weighted by molar-refractivity contribution is 0.0714. The number of fused-ring (bicyclic) bond motifs is 3. The summed E-state index contributed by atoms with van der Waals surface area (Å²) < 4.78 is 22.5. The van der Waals surface area contributed by atoms with E-state index in [1.54, 1.807) is 41.3 Å². The Kier molecular flexibility index (Phi) is 5.35. The van der Waals surface area contributed by atoms with E-state index in [1.807, 2.05) is 6.07 Å². The molecule has 3 aromatic carbocycles. The van der Waals surface area contributed by atoms with Crippen molar-refractivity contribution in [3.63, 3.8) is 0 Å². The molecule has 3 heterocycles. The highest BCUT2D eigenvalue weighted by atomic mass is 79.9. The molecule has 0 fully saturated rings. The van der Waals surface area contributed by atoms with E-state index in [-0.39, 0.29) is 52.6 Å². The molecule has 2 aliphatic heterocycles. The van der Waals surface area contributed by atoms with Crippen molar-refractivity contribution in [2.24, 2.45) is 0 Å². The van der Waals surface area contributed by atoms with Gasteiger partial charge in [-0.25, -0.2) is 0 Å². The van der Waals surface area contributed by atoms with Gasteiger partial charge in [0, 0.05) is 11.6 Å². The van der Waals surface area contributed by atoms with Crippen LogP contribution in [0.4, 0.5) is 0 Å². The van der Waals surface area contributed by atoms with E-state index in [9.17, 15) is 14.7 Å². The van der Waals surface area contributed by atoms with Gasteiger partial charge in [-0.1, -0.05) is 17.7 Å². The molecule has 1 N–H and O–H groups in total. The number of carbonyl (C=O) groups excluding carboxylic acids is 1. The van der Waals surface area contributed by atoms with Crippen molar-refractivity contribution in [3.05, 3.63) is 90.7 Å². The van der Waals surface area contributed by atoms with Gasteiger partial charge < -0.3 is 28.6 Å². The quantitative estimate of drug-likeness (QED) is 0.351. The zero-order valence-electron chi connectivity index (χ0n) is 18.7. The summed E-state index contributed by atoms with van der Waals surface area (Å²) in [4.78, 5) is 29.0. The van der Waals surface area contributed by atoms with Gasteiger partial charge >= 0.3 is 0 Å². The first-order valence-electron chi connectivity index (χ1n) is 10.9. The minimum Gasteiger partial charge on any atom is -0.503 e. The highest BCUT2D eigenvalue weighted by molar-refractivity contribution is 9.10. The molecule has 0 unspecified atom stereocenters. The predicted molar refractivity (Wildman–Crippen MR) is 134 cm³/mol. The number of ether oxygens (including phenoxy) is 3. The second-order valence-corrected chi connectivity index (χ2v) is 9.68. The molecule has 0 bridgehead atoms. The number of carbonyl (C=O) groups is 1. The first-order chi connectivity index (χ1) is 17.4. The Hall–Kier alpha value is -3.69. The van der Waals surface area contributed by atoms with Crippen LogP contribution in [-0.2, 0) is 6.54 Å². The number of methoxy groups -OCH3 is 1. The molecule has 1 atom stereocenters. The SMILES string of the molecule is COc1cc([C@@H]2c3c(oc4ccc(Cl)cc4c3=O)C(=O)N2Cc2ccc3c(c2)OCO3)cc(Br)c1O. The van der Waals surface area contributed by atoms with Gasteiger partial charge in [-0.05, 0) is 69.5 Å². The monoisotopic (exact) mass is 569 g/mol. The molecule has 4 aromatic rings. The average molecular weight is 571 g/mol. The number of rotatable bonds is 4. The molecule has 2 aliphatic rings. The van der Waals surface area contributed by atoms with Crippen LogP contribution < -0.4 is 19.6 Å². The standard InChI is InChI=1S/C26H17BrClNO7/c1-33-20-8-13(7-16(27)24(20)31)22-21-23(30)15-9-14(28)3-5-17(15)36-25(21)26(32)29(22)10-12-2-4-18-19(6-12)35-11-34-18/h2-9,22,31H,10-11H2,1H3/t22-/m1/s1. The van der Waals surface area contributed by atoms with Crippen molar-refractivity contribution < 1.29 is 28.5 Å². The molecule has 36 heavy (non-hydrogen) atoms. The molecule has 1 amide bonds. The fourth-order valence-corrected chi connectivity index (χ4v) is 5.28. The largest absolute Gasteiger partial charge is 0.503 e. The number of hydrogen-bond donors (Lipinski definition) is 1. The lowest BCUT2D eigenvalue weighted by Gasteiger charge is -2.26. The third kappa shape index (κ3) is 3.50. The van der Waals surface area contributed by atoms with Crippen molar-refractivity contribution in [2.45, 2.75) is 12.6 Å². The molecule has 0 spiro atoms. The fourth-order valence-electron chi connectivity index (χ4n) is 4.65. The van der Waals surface area contributed by atoms with Crippen molar-refractivity contribution >= 4 is 44.4 Å². The molecular formula is C26H17BrClNO7. The Morgan fingerprint density at radius 3 is 2.72 bits per heavy atom. The zero-order chi connectivity index (χ0) is 25.1. The van der Waals surface area contributed by atoms with Crippen LogP contribution in [0.1, 0.15) is 33.3 Å². The molecule has 0 radical (unpaired) electrons. The zero-order valence-corrected chi connectivity index (χ0v) is 21.1. The van der Waals surface area contributed by atoms with E-state index < -0.39 is 11.9 Å². The summed E-state index contributed by atoms with van der Waals surface area (Å²) in [6.45, 7) is 0.284. The van der Waals surface area contributed by atoms with Crippen LogP contribution in [0.2, 0.25) is 5.02 Å². The summed E-state index contributed by atoms with van der Waals surface area (Å²) in [5, 5.41) is 11.0. The van der Waals surface area contributed by atoms with Crippen LogP contribution in [0.25, 0.3) is 11.0 Å². The second-order valence-electron chi connectivity index (χ2n) is 8.39. The van der Waals surface area contributed by atoms with E-state index in [2.05, 4.69) is 15.9 Å². The van der Waals surface area contributed by atoms with Crippen LogP contribution in [0.15, 0.2) is 62.2 Å². The van der Waals surface area contributed by atoms with Crippen LogP contribution >= 0.6 is 27.5 Å². The Bertz CT molecular complexity index is 1630. The van der Waals surface area contributed by atoms with Crippen LogP contribution in [0, 0.1) is 0 Å². The summed E-state index contributed by atoms with van der Waals surface area (Å²) >= 11 is 9.50. The summed E-state index contributed by atoms with van der Waals surface area (Å²) in [6, 6.07) is 12.5. The Morgan fingerprint density at radius 2 is 1.92 bits per heavy atom. The third-order valence-corrected chi connectivity index (χ3v) is 7.14. The highest BCUT2D eigenvalue weighted by Gasteiger charge is 2.43. The maximum atomic E-state index is 13.7. The molecule has 8 nitrogen and oxygen atoms in total. The number of phenolic OH excluding ortho intramolecular Hbond substituents is 1. The van der Waals surface area contributed by atoms with Crippen LogP contribution in [0.3, 0.4) is 0 Å². The van der Waals surface area contributed by atoms with Gasteiger partial charge in [0.2, 0.25) is 12.6 Å². The molecular weight excluding hydrogens is 554 g/mol. The molecule has 0 aliphatic carbocycles. The molecule has 10 heteroatoms. The Labute approximate surface area is 217 Å². The number of hydrogen-bond acceptors (Lipinski definition) is 7. The van der Waals surface area contributed by atoms with Crippen LogP contribution in [-0.4, -0.2) is 29.8 Å². The Morgan fingerprint density at radius 1 is 1.11 bits per heavy atom. The normalized spacial score (nSPS) is 16.0. The number of aromatic hydroxyl groups is 1. The lowest BCUT2D eigenvalue weighted by atomic mass is 9.97. The summed E-state index contributed by atoms with van der Waals surface area (Å²) in [7, 11) is 1.42. The third-order valence-electron chi connectivity index (χ3n) is 6.30. The molecule has 6 rings (SSSR count). The van der Waals surface area contributed by atoms with E-state index in [4.69, 9.17) is 30.2 Å². The van der Waals surface area contributed by atoms with E-state index in [0.717, 1.165) is 5.56 Å². The van der Waals surface area contributed by atoms with Gasteiger partial charge in [-0.15, -0.1) is 0 Å². The van der Waals surface area contributed by atoms with Crippen molar-refractivity contribution in [2.75, 3.05) is 13.9 Å². The minimum atomic E-state index is -0.816. The number of benzene rings is 3. The van der Waals surface area contributed by atoms with Gasteiger partial charge in [-0.2, -0.15) is 0 Å². The molecule has 182 valence electrons. The number of nitrogens with zero attached hydrogens (tertiary/aromatic N) is 1. The second kappa shape index (κ2) is 8.46. The van der Waals surface area contributed by atoms with Gasteiger partial charge in [0.25, 0.3) is 5.91 Å². The van der Waals surface area contributed by atoms with Crippen molar-refractivity contribution in [3.8, 4) is 23.0 Å². The van der Waals surface area contributed by atoms with Gasteiger partial charge in [0.1, 0.15) is 5.58 Å². The number of phenols is 1. The first kappa shape index (κ1) is 22.8. The maximum Gasteiger partial charge on any atom is 0.291 e. The lowest BCUT2D eigenvalue weighted by Crippen LogP contribution is -2.29. The highest BCUT2D eigenvalue weighted by Crippen LogP contribution is 2.44. The van der Waals surface area contributed by atoms with Gasteiger partial charge in [0.15, 0.2) is 28.4 Å². The Balaban J connectivity index is 1.56. The molecule has 0 saturated carbocycles. The van der Waals surface area contributed by atoms with E-state index in [1.165, 1.54) is 13.2 Å². The van der Waals surface area contributed by atoms with Gasteiger partial charge in [-0.3, -0.25) is 9.59 Å². The topological polar surface area (TPSA) is 98.4 Å². The van der Waals surface area contributed by atoms with Gasteiger partial charge in [0.05, 0.1) is 28.6 Å². The number of halogens is 2. The molecule has 1 aromatic heterocycles. The van der Waals surface area contributed by atoms with E-state index in [0.29, 0.717) is 26.6 Å². The fraction of sp³-hybridized carbons (Fsp3) is 0.154. The summed E-state index contributed by atoms with van der Waals surface area (Å²) in [5.74, 6) is 0.825. The maximum absolute atomic E-state index is 13.7. The van der Waals surface area contributed by atoms with Crippen LogP contribution in [0.5, 0.6) is 23.0 Å². The predicted octanol–water partition coefficient (Wildman–Crippen LogP) is 5.40. The van der Waals surface area contributed by atoms with Crippen molar-refractivity contribution in [1.82, 2.24) is 4.90 Å². The van der Waals surface area contributed by atoms with Crippen molar-refractivity contribution in [1.29, 1.82) is 0 Å². The number of amides is 1. The van der Waals surface area contributed by atoms with E-state index >= 15 is 0 Å². The summed E-state index contributed by atoms with van der Waals surface area (Å²) in [6.07, 6.45) is 0. The molecule has 0 saturated heterocycles. The first-order valence-corrected chi connectivity index (χ1v) is 12.0.